The molecular weight excluding hydrogens is 472 g/mol. The van der Waals surface area contributed by atoms with Gasteiger partial charge in [0.15, 0.2) is 0 Å². The van der Waals surface area contributed by atoms with Crippen molar-refractivity contribution in [3.05, 3.63) is 106 Å². The highest BCUT2D eigenvalue weighted by atomic mass is 79.9. The molecule has 0 saturated heterocycles. The quantitative estimate of drug-likeness (QED) is 0.296. The zero-order valence-electron chi connectivity index (χ0n) is 16.4. The van der Waals surface area contributed by atoms with E-state index in [4.69, 9.17) is 17.3 Å². The van der Waals surface area contributed by atoms with Gasteiger partial charge in [-0.2, -0.15) is 0 Å². The fourth-order valence-electron chi connectivity index (χ4n) is 4.04. The van der Waals surface area contributed by atoms with E-state index in [1.165, 1.54) is 0 Å². The van der Waals surface area contributed by atoms with Crippen LogP contribution in [-0.4, -0.2) is 10.5 Å². The molecular formula is C26H17BrClN2O. The molecule has 1 amide bonds. The van der Waals surface area contributed by atoms with Gasteiger partial charge in [0.25, 0.3) is 0 Å². The third-order valence-corrected chi connectivity index (χ3v) is 6.55. The maximum Gasteiger partial charge on any atom is 0.249 e. The SMILES string of the molecule is NC(=O)c1cccc2c1c1[c]cc(-c3ccc(Cl)cc3)cc1n2Cc1ccccc1Br. The molecule has 0 atom stereocenters. The molecule has 0 saturated carbocycles. The van der Waals surface area contributed by atoms with Crippen molar-refractivity contribution in [3.8, 4) is 11.1 Å². The van der Waals surface area contributed by atoms with Crippen LogP contribution in [0.1, 0.15) is 15.9 Å². The molecule has 1 radical (unpaired) electrons. The Balaban J connectivity index is 1.81. The van der Waals surface area contributed by atoms with Gasteiger partial charge in [-0.05, 0) is 65.2 Å². The van der Waals surface area contributed by atoms with E-state index in [9.17, 15) is 4.79 Å². The summed E-state index contributed by atoms with van der Waals surface area (Å²) in [6.07, 6.45) is 0. The molecule has 5 aromatic rings. The van der Waals surface area contributed by atoms with Crippen LogP contribution >= 0.6 is 27.5 Å². The van der Waals surface area contributed by atoms with Crippen LogP contribution in [0.15, 0.2) is 83.3 Å². The monoisotopic (exact) mass is 487 g/mol. The standard InChI is InChI=1S/C26H17BrClN2O/c27-22-6-2-1-4-18(22)15-30-23-7-3-5-21(26(29)31)25(23)20-13-10-17(14-24(20)30)16-8-11-19(28)12-9-16/h1-12,14H,15H2,(H2,29,31). The van der Waals surface area contributed by atoms with Crippen molar-refractivity contribution in [3.63, 3.8) is 0 Å². The molecule has 1 aromatic heterocycles. The lowest BCUT2D eigenvalue weighted by Crippen LogP contribution is -2.11. The molecule has 0 spiro atoms. The van der Waals surface area contributed by atoms with Gasteiger partial charge in [-0.1, -0.05) is 63.9 Å². The van der Waals surface area contributed by atoms with Crippen LogP contribution in [0.2, 0.25) is 5.02 Å². The highest BCUT2D eigenvalue weighted by Crippen LogP contribution is 2.35. The summed E-state index contributed by atoms with van der Waals surface area (Å²) in [5.74, 6) is -0.444. The number of fused-ring (bicyclic) bond motifs is 3. The predicted octanol–water partition coefficient (Wildman–Crippen LogP) is 6.82. The lowest BCUT2D eigenvalue weighted by atomic mass is 10.0. The number of nitrogens with zero attached hydrogens (tertiary/aromatic N) is 1. The number of hydrogen-bond donors (Lipinski definition) is 1. The van der Waals surface area contributed by atoms with Crippen LogP contribution in [0.4, 0.5) is 0 Å². The van der Waals surface area contributed by atoms with Crippen molar-refractivity contribution in [1.29, 1.82) is 0 Å². The van der Waals surface area contributed by atoms with Crippen LogP contribution in [0.25, 0.3) is 32.9 Å². The van der Waals surface area contributed by atoms with Crippen molar-refractivity contribution in [2.75, 3.05) is 0 Å². The minimum absolute atomic E-state index is 0.444. The molecule has 1 heterocycles. The Morgan fingerprint density at radius 3 is 2.48 bits per heavy atom. The molecule has 2 N–H and O–H groups in total. The van der Waals surface area contributed by atoms with Gasteiger partial charge in [-0.25, -0.2) is 0 Å². The van der Waals surface area contributed by atoms with Gasteiger partial charge in [0.1, 0.15) is 0 Å². The first-order chi connectivity index (χ1) is 15.0. The highest BCUT2D eigenvalue weighted by Gasteiger charge is 2.18. The van der Waals surface area contributed by atoms with Gasteiger partial charge in [-0.15, -0.1) is 0 Å². The Morgan fingerprint density at radius 2 is 1.74 bits per heavy atom. The van der Waals surface area contributed by atoms with E-state index in [1.54, 1.807) is 6.07 Å². The van der Waals surface area contributed by atoms with Crippen molar-refractivity contribution in [1.82, 2.24) is 4.57 Å². The summed E-state index contributed by atoms with van der Waals surface area (Å²) in [5.41, 5.74) is 11.4. The zero-order chi connectivity index (χ0) is 21.5. The summed E-state index contributed by atoms with van der Waals surface area (Å²) in [6, 6.07) is 29.1. The first-order valence-corrected chi connectivity index (χ1v) is 11.0. The van der Waals surface area contributed by atoms with Crippen LogP contribution in [0.3, 0.4) is 0 Å². The number of rotatable bonds is 4. The number of halogens is 2. The molecule has 5 heteroatoms. The van der Waals surface area contributed by atoms with E-state index in [1.807, 2.05) is 60.7 Å². The summed E-state index contributed by atoms with van der Waals surface area (Å²) >= 11 is 9.72. The van der Waals surface area contributed by atoms with Crippen LogP contribution in [0, 0.1) is 6.07 Å². The molecule has 0 aliphatic rings. The number of carbonyl (C=O) groups is 1. The molecule has 0 aliphatic carbocycles. The number of aromatic nitrogens is 1. The summed E-state index contributed by atoms with van der Waals surface area (Å²) in [7, 11) is 0. The second-order valence-corrected chi connectivity index (χ2v) is 8.69. The Hall–Kier alpha value is -3.08. The molecule has 0 aliphatic heterocycles. The van der Waals surface area contributed by atoms with E-state index in [0.29, 0.717) is 17.1 Å². The molecule has 31 heavy (non-hydrogen) atoms. The summed E-state index contributed by atoms with van der Waals surface area (Å²) in [4.78, 5) is 12.2. The second-order valence-electron chi connectivity index (χ2n) is 7.40. The fourth-order valence-corrected chi connectivity index (χ4v) is 4.57. The van der Waals surface area contributed by atoms with E-state index in [-0.39, 0.29) is 0 Å². The average Bonchev–Trinajstić information content (AvgIpc) is 3.09. The normalized spacial score (nSPS) is 11.3. The minimum atomic E-state index is -0.444. The largest absolute Gasteiger partial charge is 0.366 e. The number of benzene rings is 4. The van der Waals surface area contributed by atoms with Gasteiger partial charge in [0.05, 0.1) is 11.0 Å². The van der Waals surface area contributed by atoms with Gasteiger partial charge in [0, 0.05) is 32.4 Å². The molecule has 0 fully saturated rings. The van der Waals surface area contributed by atoms with Crippen LogP contribution in [-0.2, 0) is 6.54 Å². The second kappa shape index (κ2) is 7.88. The first kappa shape index (κ1) is 19.9. The van der Waals surface area contributed by atoms with Crippen LogP contribution < -0.4 is 5.73 Å². The molecule has 5 rings (SSSR count). The predicted molar refractivity (Wildman–Crippen MR) is 130 cm³/mol. The highest BCUT2D eigenvalue weighted by molar-refractivity contribution is 9.10. The Labute approximate surface area is 193 Å². The van der Waals surface area contributed by atoms with E-state index < -0.39 is 5.91 Å². The van der Waals surface area contributed by atoms with Crippen molar-refractivity contribution in [2.45, 2.75) is 6.54 Å². The Morgan fingerprint density at radius 1 is 0.968 bits per heavy atom. The summed E-state index contributed by atoms with van der Waals surface area (Å²) in [6.45, 7) is 0.640. The molecule has 151 valence electrons. The zero-order valence-corrected chi connectivity index (χ0v) is 18.7. The molecule has 0 unspecified atom stereocenters. The van der Waals surface area contributed by atoms with E-state index >= 15 is 0 Å². The number of carbonyl (C=O) groups excluding carboxylic acids is 1. The molecule has 3 nitrogen and oxygen atoms in total. The van der Waals surface area contributed by atoms with Gasteiger partial charge < -0.3 is 10.3 Å². The fraction of sp³-hybridized carbons (Fsp3) is 0.0385. The average molecular weight is 489 g/mol. The minimum Gasteiger partial charge on any atom is -0.366 e. The van der Waals surface area contributed by atoms with Crippen molar-refractivity contribution >= 4 is 55.2 Å². The Kier molecular flexibility index (Phi) is 5.05. The van der Waals surface area contributed by atoms with Gasteiger partial charge >= 0.3 is 0 Å². The third-order valence-electron chi connectivity index (χ3n) is 5.52. The lowest BCUT2D eigenvalue weighted by molar-refractivity contribution is 0.100. The number of hydrogen-bond acceptors (Lipinski definition) is 1. The first-order valence-electron chi connectivity index (χ1n) is 9.79. The maximum absolute atomic E-state index is 12.2. The lowest BCUT2D eigenvalue weighted by Gasteiger charge is -2.10. The van der Waals surface area contributed by atoms with E-state index in [0.717, 1.165) is 43.0 Å². The maximum atomic E-state index is 12.2. The summed E-state index contributed by atoms with van der Waals surface area (Å²) in [5, 5.41) is 2.41. The van der Waals surface area contributed by atoms with Crippen molar-refractivity contribution < 1.29 is 4.79 Å². The topological polar surface area (TPSA) is 48.0 Å². The third kappa shape index (κ3) is 3.52. The van der Waals surface area contributed by atoms with Crippen molar-refractivity contribution in [2.24, 2.45) is 5.73 Å². The smallest absolute Gasteiger partial charge is 0.249 e. The molecule has 4 aromatic carbocycles. The number of amides is 1. The number of nitrogens with two attached hydrogens (primary N) is 1. The summed E-state index contributed by atoms with van der Waals surface area (Å²) < 4.78 is 3.25. The van der Waals surface area contributed by atoms with Gasteiger partial charge in [-0.3, -0.25) is 4.79 Å². The van der Waals surface area contributed by atoms with Crippen LogP contribution in [0.5, 0.6) is 0 Å². The van der Waals surface area contributed by atoms with Gasteiger partial charge in [0.2, 0.25) is 5.91 Å². The Bertz CT molecular complexity index is 1450. The molecule has 0 bridgehead atoms. The van der Waals surface area contributed by atoms with E-state index in [2.05, 4.69) is 38.7 Å². The number of primary amides is 1.